The van der Waals surface area contributed by atoms with Crippen molar-refractivity contribution in [3.05, 3.63) is 71.8 Å². The molecule has 1 aliphatic rings. The second-order valence-electron chi connectivity index (χ2n) is 11.0. The molecule has 3 rings (SSSR count). The summed E-state index contributed by atoms with van der Waals surface area (Å²) in [5.41, 5.74) is 2.27. The third-order valence-corrected chi connectivity index (χ3v) is 7.79. The first-order chi connectivity index (χ1) is 19.8. The van der Waals surface area contributed by atoms with E-state index in [1.54, 1.807) is 0 Å². The fraction of sp³-hybridized carbons (Fsp3) is 0.647. The summed E-state index contributed by atoms with van der Waals surface area (Å²) < 4.78 is 25.1. The Morgan fingerprint density at radius 1 is 0.650 bits per heavy atom. The van der Waals surface area contributed by atoms with Gasteiger partial charge in [0, 0.05) is 26.3 Å². The topological polar surface area (TPSA) is 40.2 Å². The van der Waals surface area contributed by atoms with E-state index in [-0.39, 0.29) is 24.4 Å². The van der Waals surface area contributed by atoms with Crippen molar-refractivity contribution < 1.29 is 18.8 Å². The molecule has 1 fully saturated rings. The molecule has 0 N–H and O–H groups in total. The van der Waals surface area contributed by atoms with Gasteiger partial charge in [-0.3, -0.25) is 4.90 Å². The largest absolute Gasteiger partial charge is 0.488 e. The Morgan fingerprint density at radius 3 is 1.50 bits per heavy atom. The first kappa shape index (κ1) is 32.8. The predicted octanol–water partition coefficient (Wildman–Crippen LogP) is 8.08. The molecule has 4 unspecified atom stereocenters. The summed E-state index contributed by atoms with van der Waals surface area (Å²) >= 11 is 0. The summed E-state index contributed by atoms with van der Waals surface area (Å²) in [5.74, 6) is 0. The minimum atomic E-state index is -0.159. The van der Waals surface area contributed by atoms with Gasteiger partial charge in [-0.05, 0) is 37.9 Å². The highest BCUT2D eigenvalue weighted by molar-refractivity contribution is 6.18. The van der Waals surface area contributed by atoms with Crippen LogP contribution in [0.5, 0.6) is 0 Å². The number of benzene rings is 2. The third-order valence-electron chi connectivity index (χ3n) is 7.79. The van der Waals surface area contributed by atoms with Gasteiger partial charge >= 0.3 is 7.69 Å². The van der Waals surface area contributed by atoms with Gasteiger partial charge < -0.3 is 18.8 Å². The van der Waals surface area contributed by atoms with Crippen molar-refractivity contribution in [1.29, 1.82) is 0 Å². The van der Waals surface area contributed by atoms with Crippen LogP contribution in [-0.4, -0.2) is 57.6 Å². The Kier molecular flexibility index (Phi) is 16.6. The van der Waals surface area contributed by atoms with Gasteiger partial charge in [0.15, 0.2) is 0 Å². The van der Waals surface area contributed by atoms with Crippen LogP contribution in [0.15, 0.2) is 60.7 Å². The van der Waals surface area contributed by atoms with Crippen molar-refractivity contribution >= 4 is 7.69 Å². The molecule has 40 heavy (non-hydrogen) atoms. The lowest BCUT2D eigenvalue weighted by Crippen LogP contribution is -2.48. The molecule has 6 heteroatoms. The molecular weight excluding hydrogens is 497 g/mol. The van der Waals surface area contributed by atoms with Gasteiger partial charge in [0.05, 0.1) is 12.2 Å². The fourth-order valence-corrected chi connectivity index (χ4v) is 5.66. The Hall–Kier alpha value is -1.70. The molecule has 0 aliphatic carbocycles. The second-order valence-corrected chi connectivity index (χ2v) is 11.0. The number of nitrogens with zero attached hydrogens (tertiary/aromatic N) is 1. The lowest BCUT2D eigenvalue weighted by Gasteiger charge is -2.39. The zero-order valence-electron chi connectivity index (χ0n) is 25.3. The summed E-state index contributed by atoms with van der Waals surface area (Å²) in [4.78, 5) is 2.51. The SMILES string of the molecule is CCCCCCCCCCCCN1CC(C(OCC)c2ccccc2)O[B]OC(C(OCC)c2ccccc2)C1. The van der Waals surface area contributed by atoms with Crippen molar-refractivity contribution in [1.82, 2.24) is 4.90 Å². The van der Waals surface area contributed by atoms with Gasteiger partial charge in [-0.2, -0.15) is 0 Å². The molecule has 0 bridgehead atoms. The van der Waals surface area contributed by atoms with Gasteiger partial charge in [-0.15, -0.1) is 0 Å². The summed E-state index contributed by atoms with van der Waals surface area (Å²) in [5, 5.41) is 0. The molecule has 1 saturated heterocycles. The zero-order chi connectivity index (χ0) is 28.3. The van der Waals surface area contributed by atoms with E-state index in [1.165, 1.54) is 71.9 Å². The maximum Gasteiger partial charge on any atom is 0.488 e. The zero-order valence-corrected chi connectivity index (χ0v) is 25.3. The van der Waals surface area contributed by atoms with E-state index < -0.39 is 0 Å². The molecule has 1 radical (unpaired) electrons. The maximum atomic E-state index is 6.31. The molecule has 1 aliphatic heterocycles. The Labute approximate surface area is 245 Å². The van der Waals surface area contributed by atoms with E-state index in [1.807, 2.05) is 26.0 Å². The number of rotatable bonds is 19. The van der Waals surface area contributed by atoms with Crippen molar-refractivity contribution in [2.45, 2.75) is 109 Å². The van der Waals surface area contributed by atoms with Crippen LogP contribution in [0.3, 0.4) is 0 Å². The quantitative estimate of drug-likeness (QED) is 0.131. The monoisotopic (exact) mass is 550 g/mol. The summed E-state index contributed by atoms with van der Waals surface area (Å²) in [6.45, 7) is 10.2. The highest BCUT2D eigenvalue weighted by atomic mass is 16.6. The highest BCUT2D eigenvalue weighted by Crippen LogP contribution is 2.29. The number of hydrogen-bond acceptors (Lipinski definition) is 5. The van der Waals surface area contributed by atoms with Crippen LogP contribution in [0.25, 0.3) is 0 Å². The second kappa shape index (κ2) is 20.2. The van der Waals surface area contributed by atoms with Gasteiger partial charge in [-0.1, -0.05) is 125 Å². The Balaban J connectivity index is 1.64. The molecule has 5 nitrogen and oxygen atoms in total. The lowest BCUT2D eigenvalue weighted by atomic mass is 9.99. The van der Waals surface area contributed by atoms with Crippen molar-refractivity contribution in [2.24, 2.45) is 0 Å². The molecule has 0 spiro atoms. The lowest BCUT2D eigenvalue weighted by molar-refractivity contribution is -0.0868. The summed E-state index contributed by atoms with van der Waals surface area (Å²) in [6.07, 6.45) is 12.7. The van der Waals surface area contributed by atoms with E-state index in [0.29, 0.717) is 13.2 Å². The minimum Gasteiger partial charge on any atom is -0.406 e. The van der Waals surface area contributed by atoms with Crippen molar-refractivity contribution in [2.75, 3.05) is 32.8 Å². The van der Waals surface area contributed by atoms with Gasteiger partial charge in [0.2, 0.25) is 0 Å². The van der Waals surface area contributed by atoms with Crippen LogP contribution in [-0.2, 0) is 18.8 Å². The smallest absolute Gasteiger partial charge is 0.406 e. The first-order valence-electron chi connectivity index (χ1n) is 15.9. The average molecular weight is 551 g/mol. The highest BCUT2D eigenvalue weighted by Gasteiger charge is 2.34. The third kappa shape index (κ3) is 11.7. The molecule has 0 saturated carbocycles. The number of ether oxygens (including phenoxy) is 2. The maximum absolute atomic E-state index is 6.31. The van der Waals surface area contributed by atoms with Crippen LogP contribution in [0, 0.1) is 0 Å². The molecule has 0 amide bonds. The number of unbranched alkanes of at least 4 members (excludes halogenated alkanes) is 9. The van der Waals surface area contributed by atoms with E-state index in [9.17, 15) is 0 Å². The van der Waals surface area contributed by atoms with E-state index in [2.05, 4.69) is 60.4 Å². The predicted molar refractivity (Wildman–Crippen MR) is 165 cm³/mol. The minimum absolute atomic E-state index is 0.158. The molecular formula is C34H53BNO4. The normalized spacial score (nSPS) is 19.9. The molecule has 0 aromatic heterocycles. The standard InChI is InChI=1S/C34H53BNO4/c1-4-7-8-9-10-11-12-13-14-21-26-36-27-31(33(37-5-2)29-22-17-15-18-23-29)39-35-40-32(28-36)34(38-6-3)30-24-19-16-20-25-30/h15-20,22-25,31-34H,4-14,21,26-28H2,1-3H3. The average Bonchev–Trinajstić information content (AvgIpc) is 2.98. The van der Waals surface area contributed by atoms with Gasteiger partial charge in [0.1, 0.15) is 12.2 Å². The van der Waals surface area contributed by atoms with Gasteiger partial charge in [-0.25, -0.2) is 0 Å². The van der Waals surface area contributed by atoms with E-state index >= 15 is 0 Å². The Morgan fingerprint density at radius 2 is 1.07 bits per heavy atom. The van der Waals surface area contributed by atoms with Crippen LogP contribution >= 0.6 is 0 Å². The fourth-order valence-electron chi connectivity index (χ4n) is 5.66. The molecule has 4 atom stereocenters. The van der Waals surface area contributed by atoms with E-state index in [4.69, 9.17) is 18.8 Å². The number of hydrogen-bond donors (Lipinski definition) is 0. The van der Waals surface area contributed by atoms with Crippen molar-refractivity contribution in [3.8, 4) is 0 Å². The molecule has 2 aromatic carbocycles. The molecule has 1 heterocycles. The van der Waals surface area contributed by atoms with Crippen LogP contribution in [0.4, 0.5) is 0 Å². The molecule has 2 aromatic rings. The summed E-state index contributed by atoms with van der Waals surface area (Å²) in [7, 11) is 1.54. The Bertz CT molecular complexity index is 811. The van der Waals surface area contributed by atoms with Gasteiger partial charge in [0.25, 0.3) is 0 Å². The van der Waals surface area contributed by atoms with Crippen LogP contribution in [0.2, 0.25) is 0 Å². The summed E-state index contributed by atoms with van der Waals surface area (Å²) in [6, 6.07) is 20.8. The first-order valence-corrected chi connectivity index (χ1v) is 15.9. The molecule has 221 valence electrons. The van der Waals surface area contributed by atoms with E-state index in [0.717, 1.165) is 30.8 Å². The van der Waals surface area contributed by atoms with Crippen LogP contribution < -0.4 is 0 Å². The van der Waals surface area contributed by atoms with Crippen molar-refractivity contribution in [3.63, 3.8) is 0 Å². The van der Waals surface area contributed by atoms with Crippen LogP contribution in [0.1, 0.15) is 108 Å².